The van der Waals surface area contributed by atoms with E-state index in [1.807, 2.05) is 18.2 Å². The average Bonchev–Trinajstić information content (AvgIpc) is 2.84. The van der Waals surface area contributed by atoms with E-state index in [2.05, 4.69) is 15.9 Å². The lowest BCUT2D eigenvalue weighted by Gasteiger charge is -2.14. The second kappa shape index (κ2) is 5.24. The van der Waals surface area contributed by atoms with Crippen LogP contribution in [0.4, 0.5) is 13.2 Å². The topological polar surface area (TPSA) is 0 Å². The minimum atomic E-state index is -0.905. The molecule has 4 heteroatoms. The summed E-state index contributed by atoms with van der Waals surface area (Å²) < 4.78 is 40.6. The summed E-state index contributed by atoms with van der Waals surface area (Å²) in [5.74, 6) is -2.65. The Hall–Kier alpha value is -1.29. The molecule has 0 aromatic heterocycles. The van der Waals surface area contributed by atoms with E-state index in [0.29, 0.717) is 12.1 Å². The Morgan fingerprint density at radius 1 is 0.900 bits per heavy atom. The molecule has 0 spiro atoms. The van der Waals surface area contributed by atoms with E-state index in [9.17, 15) is 13.2 Å². The van der Waals surface area contributed by atoms with Gasteiger partial charge in [-0.15, -0.1) is 0 Å². The SMILES string of the molecule is Fc1cc(F)c(C(Br)c2ccc3c(c2)CCC3)c(F)c1. The second-order valence-electron chi connectivity index (χ2n) is 5.03. The Morgan fingerprint density at radius 3 is 2.25 bits per heavy atom. The van der Waals surface area contributed by atoms with E-state index in [4.69, 9.17) is 0 Å². The third-order valence-corrected chi connectivity index (χ3v) is 4.70. The molecule has 3 rings (SSSR count). The van der Waals surface area contributed by atoms with Crippen molar-refractivity contribution in [3.63, 3.8) is 0 Å². The summed E-state index contributed by atoms with van der Waals surface area (Å²) in [7, 11) is 0. The molecule has 2 aromatic rings. The van der Waals surface area contributed by atoms with Crippen LogP contribution in [0.2, 0.25) is 0 Å². The van der Waals surface area contributed by atoms with Crippen LogP contribution < -0.4 is 0 Å². The summed E-state index contributed by atoms with van der Waals surface area (Å²) in [5.41, 5.74) is 3.17. The van der Waals surface area contributed by atoms with Crippen LogP contribution in [0, 0.1) is 17.5 Å². The largest absolute Gasteiger partial charge is 0.207 e. The number of benzene rings is 2. The van der Waals surface area contributed by atoms with E-state index in [1.54, 1.807) is 0 Å². The van der Waals surface area contributed by atoms with Gasteiger partial charge in [0, 0.05) is 17.7 Å². The van der Waals surface area contributed by atoms with Gasteiger partial charge in [-0.3, -0.25) is 0 Å². The monoisotopic (exact) mass is 340 g/mol. The maximum atomic E-state index is 13.8. The molecule has 0 nitrogen and oxygen atoms in total. The first-order chi connectivity index (χ1) is 9.56. The van der Waals surface area contributed by atoms with Gasteiger partial charge in [-0.1, -0.05) is 34.1 Å². The third-order valence-electron chi connectivity index (χ3n) is 3.71. The summed E-state index contributed by atoms with van der Waals surface area (Å²) in [5, 5.41) is 0. The summed E-state index contributed by atoms with van der Waals surface area (Å²) in [6.07, 6.45) is 3.17. The van der Waals surface area contributed by atoms with Crippen molar-refractivity contribution in [1.82, 2.24) is 0 Å². The van der Waals surface area contributed by atoms with Gasteiger partial charge in [0.1, 0.15) is 17.5 Å². The minimum absolute atomic E-state index is 0.149. The highest BCUT2D eigenvalue weighted by atomic mass is 79.9. The highest BCUT2D eigenvalue weighted by molar-refractivity contribution is 9.09. The van der Waals surface area contributed by atoms with Gasteiger partial charge in [-0.05, 0) is 36.0 Å². The predicted octanol–water partition coefficient (Wildman–Crippen LogP) is 5.08. The van der Waals surface area contributed by atoms with Gasteiger partial charge in [0.05, 0.1) is 4.83 Å². The molecule has 2 aromatic carbocycles. The molecule has 1 aliphatic carbocycles. The van der Waals surface area contributed by atoms with E-state index in [-0.39, 0.29) is 5.56 Å². The van der Waals surface area contributed by atoms with Gasteiger partial charge in [-0.2, -0.15) is 0 Å². The normalized spacial score (nSPS) is 15.2. The van der Waals surface area contributed by atoms with E-state index < -0.39 is 22.3 Å². The number of fused-ring (bicyclic) bond motifs is 1. The minimum Gasteiger partial charge on any atom is -0.207 e. The van der Waals surface area contributed by atoms with Gasteiger partial charge < -0.3 is 0 Å². The number of alkyl halides is 1. The molecule has 0 saturated heterocycles. The number of hydrogen-bond donors (Lipinski definition) is 0. The number of rotatable bonds is 2. The molecule has 104 valence electrons. The predicted molar refractivity (Wildman–Crippen MR) is 75.6 cm³/mol. The molecule has 0 amide bonds. The van der Waals surface area contributed by atoms with E-state index >= 15 is 0 Å². The van der Waals surface area contributed by atoms with Crippen LogP contribution >= 0.6 is 15.9 Å². The first-order valence-electron chi connectivity index (χ1n) is 6.46. The molecule has 0 bridgehead atoms. The number of halogens is 4. The fraction of sp³-hybridized carbons (Fsp3) is 0.250. The lowest BCUT2D eigenvalue weighted by Crippen LogP contribution is -2.02. The molecular formula is C16H12BrF3. The van der Waals surface area contributed by atoms with Gasteiger partial charge in [0.25, 0.3) is 0 Å². The summed E-state index contributed by atoms with van der Waals surface area (Å²) in [4.78, 5) is -0.617. The Bertz CT molecular complexity index is 644. The Labute approximate surface area is 123 Å². The fourth-order valence-electron chi connectivity index (χ4n) is 2.71. The van der Waals surface area contributed by atoms with Crippen LogP contribution in [0.15, 0.2) is 30.3 Å². The fourth-order valence-corrected chi connectivity index (χ4v) is 3.43. The van der Waals surface area contributed by atoms with E-state index in [0.717, 1.165) is 24.8 Å². The Balaban J connectivity index is 2.03. The zero-order chi connectivity index (χ0) is 14.3. The van der Waals surface area contributed by atoms with Crippen LogP contribution in [0.1, 0.15) is 33.5 Å². The summed E-state index contributed by atoms with van der Waals surface area (Å²) in [6.45, 7) is 0. The quantitative estimate of drug-likeness (QED) is 0.669. The number of hydrogen-bond acceptors (Lipinski definition) is 0. The smallest absolute Gasteiger partial charge is 0.133 e. The lowest BCUT2D eigenvalue weighted by atomic mass is 9.99. The number of aryl methyl sites for hydroxylation is 2. The van der Waals surface area contributed by atoms with Crippen molar-refractivity contribution in [3.8, 4) is 0 Å². The molecule has 0 N–H and O–H groups in total. The first kappa shape index (κ1) is 13.7. The summed E-state index contributed by atoms with van der Waals surface area (Å²) >= 11 is 3.33. The van der Waals surface area contributed by atoms with Gasteiger partial charge in [-0.25, -0.2) is 13.2 Å². The van der Waals surface area contributed by atoms with Crippen molar-refractivity contribution in [2.24, 2.45) is 0 Å². The molecule has 0 radical (unpaired) electrons. The molecule has 20 heavy (non-hydrogen) atoms. The van der Waals surface area contributed by atoms with Crippen LogP contribution in [-0.4, -0.2) is 0 Å². The van der Waals surface area contributed by atoms with Crippen molar-refractivity contribution in [2.75, 3.05) is 0 Å². The average molecular weight is 341 g/mol. The zero-order valence-corrected chi connectivity index (χ0v) is 12.2. The zero-order valence-electron chi connectivity index (χ0n) is 10.6. The molecule has 0 aliphatic heterocycles. The highest BCUT2D eigenvalue weighted by Crippen LogP contribution is 2.36. The van der Waals surface area contributed by atoms with Crippen molar-refractivity contribution >= 4 is 15.9 Å². The van der Waals surface area contributed by atoms with Crippen molar-refractivity contribution in [3.05, 3.63) is 70.0 Å². The molecule has 0 fully saturated rings. The Morgan fingerprint density at radius 2 is 1.55 bits per heavy atom. The van der Waals surface area contributed by atoms with Crippen molar-refractivity contribution in [2.45, 2.75) is 24.1 Å². The molecular weight excluding hydrogens is 329 g/mol. The highest BCUT2D eigenvalue weighted by Gasteiger charge is 2.22. The third kappa shape index (κ3) is 2.37. The maximum Gasteiger partial charge on any atom is 0.133 e. The van der Waals surface area contributed by atoms with Gasteiger partial charge in [0.2, 0.25) is 0 Å². The molecule has 1 atom stereocenters. The van der Waals surface area contributed by atoms with Gasteiger partial charge >= 0.3 is 0 Å². The maximum absolute atomic E-state index is 13.8. The summed E-state index contributed by atoms with van der Waals surface area (Å²) in [6, 6.07) is 7.27. The molecule has 1 aliphatic rings. The Kier molecular flexibility index (Phi) is 3.59. The van der Waals surface area contributed by atoms with Crippen LogP contribution in [-0.2, 0) is 12.8 Å². The van der Waals surface area contributed by atoms with Crippen LogP contribution in [0.25, 0.3) is 0 Å². The molecule has 0 saturated carbocycles. The van der Waals surface area contributed by atoms with Crippen LogP contribution in [0.5, 0.6) is 0 Å². The lowest BCUT2D eigenvalue weighted by molar-refractivity contribution is 0.527. The molecule has 1 unspecified atom stereocenters. The molecule has 0 heterocycles. The first-order valence-corrected chi connectivity index (χ1v) is 7.38. The van der Waals surface area contributed by atoms with Gasteiger partial charge in [0.15, 0.2) is 0 Å². The van der Waals surface area contributed by atoms with E-state index in [1.165, 1.54) is 11.1 Å². The second-order valence-corrected chi connectivity index (χ2v) is 5.94. The van der Waals surface area contributed by atoms with Crippen LogP contribution in [0.3, 0.4) is 0 Å². The standard InChI is InChI=1S/C16H12BrF3/c17-16(15-13(19)7-12(18)8-14(15)20)11-5-4-9-2-1-3-10(9)6-11/h4-8,16H,1-3H2. The van der Waals surface area contributed by atoms with Crippen molar-refractivity contribution in [1.29, 1.82) is 0 Å². The van der Waals surface area contributed by atoms with Crippen molar-refractivity contribution < 1.29 is 13.2 Å².